The molecule has 0 bridgehead atoms. The summed E-state index contributed by atoms with van der Waals surface area (Å²) in [5.74, 6) is 0. The van der Waals surface area contributed by atoms with Gasteiger partial charge in [0.15, 0.2) is 0 Å². The van der Waals surface area contributed by atoms with Crippen LogP contribution in [0.1, 0.15) is 31.2 Å². The molecule has 2 unspecified atom stereocenters. The summed E-state index contributed by atoms with van der Waals surface area (Å²) >= 11 is 0. The first-order valence-corrected chi connectivity index (χ1v) is 9.20. The van der Waals surface area contributed by atoms with E-state index >= 15 is 0 Å². The zero-order chi connectivity index (χ0) is 15.6. The highest BCUT2D eigenvalue weighted by Gasteiger charge is 2.42. The fraction of sp³-hybridized carbons (Fsp3) is 0.562. The maximum absolute atomic E-state index is 12.5. The first-order chi connectivity index (χ1) is 10.5. The van der Waals surface area contributed by atoms with Crippen LogP contribution < -0.4 is 10.0 Å². The van der Waals surface area contributed by atoms with Gasteiger partial charge in [0.05, 0.1) is 17.4 Å². The van der Waals surface area contributed by atoms with Crippen LogP contribution in [-0.4, -0.2) is 27.5 Å². The number of benzene rings is 1. The van der Waals surface area contributed by atoms with Gasteiger partial charge in [-0.3, -0.25) is 0 Å². The highest BCUT2D eigenvalue weighted by atomic mass is 32.2. The molecule has 1 heterocycles. The van der Waals surface area contributed by atoms with Crippen LogP contribution in [0.15, 0.2) is 29.2 Å². The highest BCUT2D eigenvalue weighted by molar-refractivity contribution is 7.89. The summed E-state index contributed by atoms with van der Waals surface area (Å²) in [5.41, 5.74) is 1.02. The van der Waals surface area contributed by atoms with E-state index in [1.54, 1.807) is 24.3 Å². The van der Waals surface area contributed by atoms with Crippen LogP contribution in [0.3, 0.4) is 0 Å². The van der Waals surface area contributed by atoms with Crippen LogP contribution in [0.25, 0.3) is 0 Å². The summed E-state index contributed by atoms with van der Waals surface area (Å²) in [6.07, 6.45) is 4.27. The second-order valence-electron chi connectivity index (χ2n) is 6.47. The van der Waals surface area contributed by atoms with Crippen molar-refractivity contribution in [1.82, 2.24) is 10.0 Å². The second-order valence-corrected chi connectivity index (χ2v) is 8.18. The summed E-state index contributed by atoms with van der Waals surface area (Å²) in [6.45, 7) is 2.04. The minimum Gasteiger partial charge on any atom is -0.316 e. The Morgan fingerprint density at radius 1 is 1.41 bits per heavy atom. The molecule has 22 heavy (non-hydrogen) atoms. The Morgan fingerprint density at radius 3 is 3.00 bits per heavy atom. The van der Waals surface area contributed by atoms with Gasteiger partial charge in [0, 0.05) is 12.6 Å². The lowest BCUT2D eigenvalue weighted by Crippen LogP contribution is -2.34. The number of hydrogen-bond acceptors (Lipinski definition) is 4. The molecule has 2 aliphatic rings. The molecule has 5 nitrogen and oxygen atoms in total. The Balaban J connectivity index is 1.71. The fourth-order valence-corrected chi connectivity index (χ4v) is 5.03. The van der Waals surface area contributed by atoms with E-state index in [-0.39, 0.29) is 22.8 Å². The third-order valence-corrected chi connectivity index (χ3v) is 6.37. The Kier molecular flexibility index (Phi) is 4.22. The van der Waals surface area contributed by atoms with Gasteiger partial charge in [-0.25, -0.2) is 13.1 Å². The van der Waals surface area contributed by atoms with Gasteiger partial charge in [0.25, 0.3) is 0 Å². The van der Waals surface area contributed by atoms with Crippen molar-refractivity contribution >= 4 is 10.0 Å². The topological polar surface area (TPSA) is 82.0 Å². The Hall–Kier alpha value is -1.42. The van der Waals surface area contributed by atoms with E-state index in [2.05, 4.69) is 10.0 Å². The maximum atomic E-state index is 12.5. The maximum Gasteiger partial charge on any atom is 0.240 e. The molecule has 6 heteroatoms. The van der Waals surface area contributed by atoms with E-state index in [1.165, 1.54) is 0 Å². The van der Waals surface area contributed by atoms with E-state index < -0.39 is 10.0 Å². The summed E-state index contributed by atoms with van der Waals surface area (Å²) in [5, 5.41) is 12.1. The molecule has 1 spiro atoms. The molecule has 3 rings (SSSR count). The van der Waals surface area contributed by atoms with Crippen molar-refractivity contribution in [2.45, 2.75) is 43.0 Å². The SMILES string of the molecule is N#CCc1cccc(S(=O)(=O)NC2CCC3(CCNC3)C2)c1. The summed E-state index contributed by atoms with van der Waals surface area (Å²) in [4.78, 5) is 0.255. The van der Waals surface area contributed by atoms with Crippen LogP contribution >= 0.6 is 0 Å². The standard InChI is InChI=1S/C16H21N3O2S/c17-8-5-13-2-1-3-15(10-13)22(20,21)19-14-4-6-16(11-14)7-9-18-12-16/h1-3,10,14,18-19H,4-7,9,11-12H2. The molecule has 1 saturated carbocycles. The number of sulfonamides is 1. The molecular formula is C16H21N3O2S. The molecule has 2 atom stereocenters. The van der Waals surface area contributed by atoms with Gasteiger partial charge < -0.3 is 5.32 Å². The summed E-state index contributed by atoms with van der Waals surface area (Å²) < 4.78 is 27.9. The zero-order valence-electron chi connectivity index (χ0n) is 12.5. The normalized spacial score (nSPS) is 28.0. The van der Waals surface area contributed by atoms with Crippen LogP contribution in [0.5, 0.6) is 0 Å². The van der Waals surface area contributed by atoms with E-state index in [1.807, 2.05) is 6.07 Å². The number of rotatable bonds is 4. The van der Waals surface area contributed by atoms with Crippen molar-refractivity contribution in [3.63, 3.8) is 0 Å². The van der Waals surface area contributed by atoms with Gasteiger partial charge in [0.2, 0.25) is 10.0 Å². The van der Waals surface area contributed by atoms with Crippen molar-refractivity contribution in [3.05, 3.63) is 29.8 Å². The molecule has 2 fully saturated rings. The average molecular weight is 319 g/mol. The highest BCUT2D eigenvalue weighted by Crippen LogP contribution is 2.43. The molecule has 0 radical (unpaired) electrons. The molecule has 118 valence electrons. The Labute approximate surface area is 131 Å². The minimum atomic E-state index is -3.51. The Morgan fingerprint density at radius 2 is 2.27 bits per heavy atom. The van der Waals surface area contributed by atoms with Crippen molar-refractivity contribution in [2.24, 2.45) is 5.41 Å². The first kappa shape index (κ1) is 15.5. The third-order valence-electron chi connectivity index (χ3n) is 4.85. The molecule has 1 aromatic carbocycles. The van der Waals surface area contributed by atoms with Gasteiger partial charge >= 0.3 is 0 Å². The van der Waals surface area contributed by atoms with Gasteiger partial charge in [-0.15, -0.1) is 0 Å². The molecule has 0 amide bonds. The number of nitrogens with zero attached hydrogens (tertiary/aromatic N) is 1. The van der Waals surface area contributed by atoms with Gasteiger partial charge in [-0.2, -0.15) is 5.26 Å². The van der Waals surface area contributed by atoms with Gasteiger partial charge in [-0.1, -0.05) is 12.1 Å². The molecule has 1 aromatic rings. The Bertz CT molecular complexity index is 688. The lowest BCUT2D eigenvalue weighted by atomic mass is 9.85. The van der Waals surface area contributed by atoms with Crippen LogP contribution in [0, 0.1) is 16.7 Å². The molecule has 1 saturated heterocycles. The predicted octanol–water partition coefficient (Wildman–Crippen LogP) is 1.56. The predicted molar refractivity (Wildman–Crippen MR) is 83.6 cm³/mol. The fourth-order valence-electron chi connectivity index (χ4n) is 3.69. The second kappa shape index (κ2) is 5.99. The summed E-state index contributed by atoms with van der Waals surface area (Å²) in [7, 11) is -3.51. The largest absolute Gasteiger partial charge is 0.316 e. The first-order valence-electron chi connectivity index (χ1n) is 7.72. The van der Waals surface area contributed by atoms with E-state index in [4.69, 9.17) is 5.26 Å². The van der Waals surface area contributed by atoms with Gasteiger partial charge in [-0.05, 0) is 55.3 Å². The van der Waals surface area contributed by atoms with Crippen LogP contribution in [0.4, 0.5) is 0 Å². The van der Waals surface area contributed by atoms with Crippen molar-refractivity contribution in [1.29, 1.82) is 5.26 Å². The van der Waals surface area contributed by atoms with Crippen LogP contribution in [-0.2, 0) is 16.4 Å². The average Bonchev–Trinajstić information content (AvgIpc) is 3.10. The molecule has 0 aromatic heterocycles. The lowest BCUT2D eigenvalue weighted by Gasteiger charge is -2.22. The van der Waals surface area contributed by atoms with Gasteiger partial charge in [0.1, 0.15) is 0 Å². The lowest BCUT2D eigenvalue weighted by molar-refractivity contribution is 0.329. The zero-order valence-corrected chi connectivity index (χ0v) is 13.3. The van der Waals surface area contributed by atoms with Crippen LogP contribution in [0.2, 0.25) is 0 Å². The van der Waals surface area contributed by atoms with Crippen molar-refractivity contribution < 1.29 is 8.42 Å². The minimum absolute atomic E-state index is 0.0181. The monoisotopic (exact) mass is 319 g/mol. The molecule has 2 N–H and O–H groups in total. The van der Waals surface area contributed by atoms with E-state index in [0.29, 0.717) is 0 Å². The molecular weight excluding hydrogens is 298 g/mol. The van der Waals surface area contributed by atoms with E-state index in [9.17, 15) is 8.42 Å². The number of nitrogens with one attached hydrogen (secondary N) is 2. The number of hydrogen-bond donors (Lipinski definition) is 2. The smallest absolute Gasteiger partial charge is 0.240 e. The quantitative estimate of drug-likeness (QED) is 0.882. The van der Waals surface area contributed by atoms with Crippen molar-refractivity contribution in [3.8, 4) is 6.07 Å². The number of nitriles is 1. The molecule has 1 aliphatic heterocycles. The molecule has 1 aliphatic carbocycles. The third kappa shape index (κ3) is 3.17. The van der Waals surface area contributed by atoms with E-state index in [0.717, 1.165) is 44.3 Å². The summed E-state index contributed by atoms with van der Waals surface area (Å²) in [6, 6.07) is 8.71. The van der Waals surface area contributed by atoms with Crippen molar-refractivity contribution in [2.75, 3.05) is 13.1 Å².